The molecule has 0 N–H and O–H groups in total. The molecule has 1 unspecified atom stereocenters. The predicted molar refractivity (Wildman–Crippen MR) is 197 cm³/mol. The van der Waals surface area contributed by atoms with E-state index in [9.17, 15) is 9.59 Å². The van der Waals surface area contributed by atoms with E-state index in [1.807, 2.05) is 68.4 Å². The zero-order chi connectivity index (χ0) is 34.6. The molecular formula is C44H39N3O3. The lowest BCUT2D eigenvalue weighted by Crippen LogP contribution is -2.51. The highest BCUT2D eigenvalue weighted by atomic mass is 16.5. The SMILES string of the molecule is CC1(C)C(C(=O)C=O)N(c2ccc(C(c3ccccc3)(c3ccccc3)c3ccccc3)cc2)CN1Cc1ccncc1Oc1ccccc1. The first-order valence-corrected chi connectivity index (χ1v) is 16.9. The smallest absolute Gasteiger partial charge is 0.219 e. The summed E-state index contributed by atoms with van der Waals surface area (Å²) in [5, 5.41) is 0. The van der Waals surface area contributed by atoms with Gasteiger partial charge in [0.2, 0.25) is 5.78 Å². The number of nitrogens with zero attached hydrogens (tertiary/aromatic N) is 3. The molecule has 0 spiro atoms. The van der Waals surface area contributed by atoms with Crippen molar-refractivity contribution in [2.24, 2.45) is 0 Å². The quantitative estimate of drug-likeness (QED) is 0.0792. The van der Waals surface area contributed by atoms with E-state index >= 15 is 0 Å². The van der Waals surface area contributed by atoms with E-state index in [2.05, 4.69) is 112 Å². The number of para-hydroxylation sites is 1. The van der Waals surface area contributed by atoms with Crippen LogP contribution in [0.1, 0.15) is 41.7 Å². The lowest BCUT2D eigenvalue weighted by molar-refractivity contribution is -0.131. The van der Waals surface area contributed by atoms with Crippen LogP contribution in [0.3, 0.4) is 0 Å². The Balaban J connectivity index is 1.28. The Bertz CT molecular complexity index is 1950. The molecule has 6 nitrogen and oxygen atoms in total. The van der Waals surface area contributed by atoms with Crippen molar-refractivity contribution in [1.29, 1.82) is 0 Å². The normalized spacial score (nSPS) is 15.8. The molecule has 1 fully saturated rings. The first kappa shape index (κ1) is 32.7. The number of Topliss-reactive ketones (excluding diaryl/α,β-unsaturated/α-hetero) is 1. The molecule has 0 amide bonds. The number of aldehydes is 1. The Kier molecular flexibility index (Phi) is 9.11. The summed E-state index contributed by atoms with van der Waals surface area (Å²) in [7, 11) is 0. The second-order valence-corrected chi connectivity index (χ2v) is 13.2. The lowest BCUT2D eigenvalue weighted by atomic mass is 9.65. The van der Waals surface area contributed by atoms with Crippen molar-refractivity contribution < 1.29 is 14.3 Å². The Labute approximate surface area is 293 Å². The molecule has 5 aromatic carbocycles. The molecule has 1 saturated heterocycles. The molecule has 0 bridgehead atoms. The summed E-state index contributed by atoms with van der Waals surface area (Å²) in [5.41, 5.74) is 5.08. The van der Waals surface area contributed by atoms with E-state index in [0.717, 1.165) is 39.3 Å². The van der Waals surface area contributed by atoms with E-state index in [4.69, 9.17) is 4.74 Å². The van der Waals surface area contributed by atoms with E-state index in [1.165, 1.54) is 0 Å². The van der Waals surface area contributed by atoms with Crippen LogP contribution in [0.5, 0.6) is 11.5 Å². The van der Waals surface area contributed by atoms with Crippen LogP contribution in [0.4, 0.5) is 5.69 Å². The third-order valence-electron chi connectivity index (χ3n) is 9.96. The number of pyridine rings is 1. The van der Waals surface area contributed by atoms with Gasteiger partial charge in [-0.3, -0.25) is 19.5 Å². The number of carbonyl (C=O) groups is 2. The van der Waals surface area contributed by atoms with Crippen LogP contribution >= 0.6 is 0 Å². The van der Waals surface area contributed by atoms with Crippen LogP contribution in [0, 0.1) is 0 Å². The van der Waals surface area contributed by atoms with Gasteiger partial charge in [-0.2, -0.15) is 0 Å². The van der Waals surface area contributed by atoms with Gasteiger partial charge >= 0.3 is 0 Å². The highest BCUT2D eigenvalue weighted by Gasteiger charge is 2.50. The van der Waals surface area contributed by atoms with Gasteiger partial charge in [-0.05, 0) is 66.4 Å². The van der Waals surface area contributed by atoms with Gasteiger partial charge < -0.3 is 9.64 Å². The first-order chi connectivity index (χ1) is 24.4. The number of rotatable bonds is 11. The molecule has 50 heavy (non-hydrogen) atoms. The number of hydrogen-bond donors (Lipinski definition) is 0. The van der Waals surface area contributed by atoms with Crippen LogP contribution in [0.15, 0.2) is 164 Å². The molecule has 248 valence electrons. The van der Waals surface area contributed by atoms with Gasteiger partial charge in [-0.25, -0.2) is 0 Å². The van der Waals surface area contributed by atoms with Gasteiger partial charge in [0.25, 0.3) is 0 Å². The largest absolute Gasteiger partial charge is 0.455 e. The maximum Gasteiger partial charge on any atom is 0.219 e. The van der Waals surface area contributed by atoms with Gasteiger partial charge in [0.15, 0.2) is 6.29 Å². The monoisotopic (exact) mass is 657 g/mol. The molecule has 1 atom stereocenters. The summed E-state index contributed by atoms with van der Waals surface area (Å²) in [5.74, 6) is 0.912. The summed E-state index contributed by atoms with van der Waals surface area (Å²) >= 11 is 0. The standard InChI is InChI=1S/C44H39N3O3/c1-43(2)42(40(49)31-48)47(32-46(43)30-33-27-28-45-29-41(33)50-39-21-13-6-14-22-39)38-25-23-37(24-26-38)44(34-15-7-3-8-16-34,35-17-9-4-10-18-35)36-19-11-5-12-20-36/h3-29,31,42H,30,32H2,1-2H3. The van der Waals surface area contributed by atoms with Crippen molar-refractivity contribution in [3.63, 3.8) is 0 Å². The lowest BCUT2D eigenvalue weighted by Gasteiger charge is -2.37. The predicted octanol–water partition coefficient (Wildman–Crippen LogP) is 8.45. The Morgan fingerprint density at radius 1 is 0.740 bits per heavy atom. The summed E-state index contributed by atoms with van der Waals surface area (Å²) in [4.78, 5) is 34.1. The topological polar surface area (TPSA) is 62.7 Å². The first-order valence-electron chi connectivity index (χ1n) is 16.9. The number of anilines is 1. The molecule has 0 aliphatic carbocycles. The van der Waals surface area contributed by atoms with Crippen molar-refractivity contribution in [1.82, 2.24) is 9.88 Å². The van der Waals surface area contributed by atoms with Gasteiger partial charge in [0.1, 0.15) is 17.5 Å². The summed E-state index contributed by atoms with van der Waals surface area (Å²) in [6.45, 7) is 4.98. The van der Waals surface area contributed by atoms with Crippen molar-refractivity contribution in [2.75, 3.05) is 11.6 Å². The second kappa shape index (κ2) is 13.9. The highest BCUT2D eigenvalue weighted by molar-refractivity contribution is 6.28. The molecule has 7 rings (SSSR count). The number of aromatic nitrogens is 1. The van der Waals surface area contributed by atoms with E-state index < -0.39 is 22.8 Å². The minimum Gasteiger partial charge on any atom is -0.455 e. The van der Waals surface area contributed by atoms with Crippen molar-refractivity contribution >= 4 is 17.8 Å². The second-order valence-electron chi connectivity index (χ2n) is 13.2. The zero-order valence-corrected chi connectivity index (χ0v) is 28.2. The Morgan fingerprint density at radius 2 is 1.24 bits per heavy atom. The molecule has 1 aliphatic heterocycles. The summed E-state index contributed by atoms with van der Waals surface area (Å²) in [6, 6.07) is 51.1. The molecule has 6 heteroatoms. The third kappa shape index (κ3) is 5.99. The van der Waals surface area contributed by atoms with E-state index in [0.29, 0.717) is 25.2 Å². The minimum atomic E-state index is -0.687. The number of hydrogen-bond acceptors (Lipinski definition) is 6. The highest BCUT2D eigenvalue weighted by Crippen LogP contribution is 2.46. The third-order valence-corrected chi connectivity index (χ3v) is 9.96. The van der Waals surface area contributed by atoms with Crippen LogP contribution in [-0.2, 0) is 21.5 Å². The molecule has 2 heterocycles. The van der Waals surface area contributed by atoms with Crippen molar-refractivity contribution in [3.8, 4) is 11.5 Å². The number of ketones is 1. The Hall–Kier alpha value is -5.85. The average molecular weight is 658 g/mol. The molecule has 6 aromatic rings. The molecule has 1 aliphatic rings. The van der Waals surface area contributed by atoms with Gasteiger partial charge in [-0.15, -0.1) is 0 Å². The van der Waals surface area contributed by atoms with Gasteiger partial charge in [0, 0.05) is 29.5 Å². The molecule has 0 radical (unpaired) electrons. The number of carbonyl (C=O) groups excluding carboxylic acids is 2. The van der Waals surface area contributed by atoms with Crippen molar-refractivity contribution in [3.05, 3.63) is 192 Å². The van der Waals surface area contributed by atoms with Crippen LogP contribution in [0.2, 0.25) is 0 Å². The van der Waals surface area contributed by atoms with Crippen LogP contribution in [-0.4, -0.2) is 40.2 Å². The van der Waals surface area contributed by atoms with Crippen molar-refractivity contribution in [2.45, 2.75) is 37.4 Å². The maximum absolute atomic E-state index is 13.4. The molecule has 0 saturated carbocycles. The minimum absolute atomic E-state index is 0.435. The van der Waals surface area contributed by atoms with Crippen LogP contribution < -0.4 is 9.64 Å². The number of benzene rings is 5. The fraction of sp³-hybridized carbons (Fsp3) is 0.159. The van der Waals surface area contributed by atoms with E-state index in [-0.39, 0.29) is 0 Å². The molecule has 1 aromatic heterocycles. The molecular weight excluding hydrogens is 619 g/mol. The van der Waals surface area contributed by atoms with E-state index in [1.54, 1.807) is 12.4 Å². The summed E-state index contributed by atoms with van der Waals surface area (Å²) < 4.78 is 6.22. The average Bonchev–Trinajstić information content (AvgIpc) is 3.43. The zero-order valence-electron chi connectivity index (χ0n) is 28.2. The van der Waals surface area contributed by atoms with Gasteiger partial charge in [-0.1, -0.05) is 121 Å². The van der Waals surface area contributed by atoms with Gasteiger partial charge in [0.05, 0.1) is 18.3 Å². The summed E-state index contributed by atoms with van der Waals surface area (Å²) in [6.07, 6.45) is 3.92. The van der Waals surface area contributed by atoms with Crippen LogP contribution in [0.25, 0.3) is 0 Å². The fourth-order valence-corrected chi connectivity index (χ4v) is 7.47. The number of ether oxygens (including phenoxy) is 1. The maximum atomic E-state index is 13.4. The Morgan fingerprint density at radius 3 is 1.76 bits per heavy atom. The fourth-order valence-electron chi connectivity index (χ4n) is 7.47.